The summed E-state index contributed by atoms with van der Waals surface area (Å²) in [6, 6.07) is 7.38. The Labute approximate surface area is 98.4 Å². The molecule has 5 heteroatoms. The second-order valence-electron chi connectivity index (χ2n) is 3.38. The molecule has 4 nitrogen and oxygen atoms in total. The minimum atomic E-state index is 0.378. The lowest BCUT2D eigenvalue weighted by molar-refractivity contribution is 0.897. The van der Waals surface area contributed by atoms with E-state index >= 15 is 0 Å². The average Bonchev–Trinajstić information content (AvgIpc) is 2.57. The first-order chi connectivity index (χ1) is 7.65. The summed E-state index contributed by atoms with van der Waals surface area (Å²) in [5.41, 5.74) is 7.44. The normalized spacial score (nSPS) is 11.1. The number of aromatic nitrogens is 2. The van der Waals surface area contributed by atoms with E-state index in [4.69, 9.17) is 17.3 Å². The van der Waals surface area contributed by atoms with Crippen molar-refractivity contribution in [3.63, 3.8) is 0 Å². The van der Waals surface area contributed by atoms with E-state index in [9.17, 15) is 0 Å². The summed E-state index contributed by atoms with van der Waals surface area (Å²) >= 11 is 5.78. The largest absolute Gasteiger partial charge is 0.368 e. The van der Waals surface area contributed by atoms with Gasteiger partial charge in [0.05, 0.1) is 18.1 Å². The molecule has 16 heavy (non-hydrogen) atoms. The van der Waals surface area contributed by atoms with Crippen LogP contribution in [-0.2, 0) is 0 Å². The zero-order chi connectivity index (χ0) is 11.5. The van der Waals surface area contributed by atoms with Crippen LogP contribution in [0.3, 0.4) is 0 Å². The fraction of sp³-hybridized carbons (Fsp3) is 0.0909. The smallest absolute Gasteiger partial charge is 0.221 e. The van der Waals surface area contributed by atoms with Crippen molar-refractivity contribution in [2.45, 2.75) is 6.92 Å². The summed E-state index contributed by atoms with van der Waals surface area (Å²) in [5, 5.41) is 4.89. The molecule has 0 spiro atoms. The van der Waals surface area contributed by atoms with Gasteiger partial charge in [0.1, 0.15) is 0 Å². The van der Waals surface area contributed by atoms with Crippen LogP contribution in [0.15, 0.2) is 35.6 Å². The number of nitrogens with two attached hydrogens (primary N) is 1. The zero-order valence-electron chi connectivity index (χ0n) is 8.76. The van der Waals surface area contributed by atoms with Crippen LogP contribution >= 0.6 is 11.6 Å². The predicted octanol–water partition coefficient (Wildman–Crippen LogP) is 2.31. The van der Waals surface area contributed by atoms with Gasteiger partial charge in [-0.25, -0.2) is 9.66 Å². The van der Waals surface area contributed by atoms with E-state index < -0.39 is 0 Å². The molecule has 0 aliphatic heterocycles. The Bertz CT molecular complexity index is 513. The molecule has 0 bridgehead atoms. The Morgan fingerprint density at radius 3 is 2.62 bits per heavy atom. The number of rotatable bonds is 2. The van der Waals surface area contributed by atoms with Crippen molar-refractivity contribution in [2.75, 3.05) is 5.73 Å². The molecular weight excluding hydrogens is 224 g/mol. The van der Waals surface area contributed by atoms with E-state index in [0.717, 1.165) is 11.3 Å². The maximum Gasteiger partial charge on any atom is 0.221 e. The summed E-state index contributed by atoms with van der Waals surface area (Å²) in [4.78, 5) is 4.04. The van der Waals surface area contributed by atoms with Gasteiger partial charge in [-0.2, -0.15) is 5.10 Å². The van der Waals surface area contributed by atoms with Crippen molar-refractivity contribution < 1.29 is 0 Å². The summed E-state index contributed by atoms with van der Waals surface area (Å²) in [7, 11) is 0. The Kier molecular flexibility index (Phi) is 2.92. The Balaban J connectivity index is 2.21. The molecule has 2 rings (SSSR count). The molecule has 82 valence electrons. The highest BCUT2D eigenvalue weighted by Gasteiger charge is 1.97. The monoisotopic (exact) mass is 234 g/mol. The maximum atomic E-state index is 5.78. The zero-order valence-corrected chi connectivity index (χ0v) is 9.52. The highest BCUT2D eigenvalue weighted by atomic mass is 35.5. The number of halogens is 1. The van der Waals surface area contributed by atoms with Crippen molar-refractivity contribution in [3.05, 3.63) is 46.7 Å². The van der Waals surface area contributed by atoms with Crippen molar-refractivity contribution in [2.24, 2.45) is 5.10 Å². The summed E-state index contributed by atoms with van der Waals surface area (Å²) < 4.78 is 1.53. The minimum Gasteiger partial charge on any atom is -0.368 e. The lowest BCUT2D eigenvalue weighted by Crippen LogP contribution is -1.96. The maximum absolute atomic E-state index is 5.78. The van der Waals surface area contributed by atoms with E-state index in [1.807, 2.05) is 31.2 Å². The Morgan fingerprint density at radius 2 is 2.06 bits per heavy atom. The Hall–Kier alpha value is -1.81. The molecule has 2 N–H and O–H groups in total. The van der Waals surface area contributed by atoms with Crippen LogP contribution in [0.5, 0.6) is 0 Å². The Morgan fingerprint density at radius 1 is 1.38 bits per heavy atom. The van der Waals surface area contributed by atoms with Crippen LogP contribution in [-0.4, -0.2) is 15.9 Å². The third kappa shape index (κ3) is 2.41. The van der Waals surface area contributed by atoms with Gasteiger partial charge in [-0.1, -0.05) is 23.7 Å². The molecule has 0 aliphatic rings. The van der Waals surface area contributed by atoms with Gasteiger partial charge in [0.2, 0.25) is 5.95 Å². The van der Waals surface area contributed by atoms with Gasteiger partial charge >= 0.3 is 0 Å². The second-order valence-corrected chi connectivity index (χ2v) is 3.82. The van der Waals surface area contributed by atoms with Gasteiger partial charge in [-0.05, 0) is 24.6 Å². The molecule has 0 unspecified atom stereocenters. The number of hydrogen-bond donors (Lipinski definition) is 1. The average molecular weight is 235 g/mol. The highest BCUT2D eigenvalue weighted by molar-refractivity contribution is 6.30. The third-order valence-corrected chi connectivity index (χ3v) is 2.29. The fourth-order valence-electron chi connectivity index (χ4n) is 1.27. The number of nitrogens with zero attached hydrogens (tertiary/aromatic N) is 3. The lowest BCUT2D eigenvalue weighted by atomic mass is 10.2. The van der Waals surface area contributed by atoms with Gasteiger partial charge in [0, 0.05) is 5.02 Å². The summed E-state index contributed by atoms with van der Waals surface area (Å²) in [5.74, 6) is 0.378. The van der Waals surface area contributed by atoms with Gasteiger partial charge in [0.15, 0.2) is 0 Å². The van der Waals surface area contributed by atoms with Crippen LogP contribution in [0.4, 0.5) is 5.95 Å². The molecule has 0 saturated heterocycles. The van der Waals surface area contributed by atoms with Crippen LogP contribution in [0.1, 0.15) is 11.3 Å². The second kappa shape index (κ2) is 4.37. The molecule has 0 atom stereocenters. The molecule has 1 aromatic heterocycles. The quantitative estimate of drug-likeness (QED) is 0.811. The topological polar surface area (TPSA) is 56.2 Å². The van der Waals surface area contributed by atoms with Gasteiger partial charge in [-0.15, -0.1) is 0 Å². The molecule has 0 aliphatic carbocycles. The fourth-order valence-corrected chi connectivity index (χ4v) is 1.40. The number of aryl methyl sites for hydroxylation is 1. The molecule has 0 fully saturated rings. The SMILES string of the molecule is Cc1cn(N=Cc2ccc(Cl)cc2)c(N)n1. The molecule has 0 radical (unpaired) electrons. The first kappa shape index (κ1) is 10.7. The van der Waals surface area contributed by atoms with E-state index in [1.165, 1.54) is 4.68 Å². The van der Waals surface area contributed by atoms with E-state index in [2.05, 4.69) is 10.1 Å². The summed E-state index contributed by atoms with van der Waals surface area (Å²) in [6.45, 7) is 1.87. The standard InChI is InChI=1S/C11H11ClN4/c1-8-7-16(11(13)15-8)14-6-9-2-4-10(12)5-3-9/h2-7H,1H3,(H2,13,15). The predicted molar refractivity (Wildman–Crippen MR) is 65.8 cm³/mol. The number of nitrogen functional groups attached to an aromatic ring is 1. The van der Waals surface area contributed by atoms with Crippen molar-refractivity contribution in [1.82, 2.24) is 9.66 Å². The number of anilines is 1. The van der Waals surface area contributed by atoms with Crippen LogP contribution in [0.25, 0.3) is 0 Å². The van der Waals surface area contributed by atoms with Crippen molar-refractivity contribution in [3.8, 4) is 0 Å². The van der Waals surface area contributed by atoms with E-state index in [-0.39, 0.29) is 0 Å². The molecular formula is C11H11ClN4. The first-order valence-corrected chi connectivity index (χ1v) is 5.14. The van der Waals surface area contributed by atoms with Crippen LogP contribution < -0.4 is 5.73 Å². The van der Waals surface area contributed by atoms with Gasteiger partial charge < -0.3 is 5.73 Å². The number of hydrogen-bond acceptors (Lipinski definition) is 3. The third-order valence-electron chi connectivity index (χ3n) is 2.04. The summed E-state index contributed by atoms with van der Waals surface area (Å²) in [6.07, 6.45) is 3.47. The highest BCUT2D eigenvalue weighted by Crippen LogP contribution is 2.08. The molecule has 0 amide bonds. The van der Waals surface area contributed by atoms with Crippen molar-refractivity contribution in [1.29, 1.82) is 0 Å². The molecule has 2 aromatic rings. The van der Waals surface area contributed by atoms with Gasteiger partial charge in [-0.3, -0.25) is 0 Å². The van der Waals surface area contributed by atoms with Crippen molar-refractivity contribution >= 4 is 23.8 Å². The van der Waals surface area contributed by atoms with E-state index in [1.54, 1.807) is 12.4 Å². The van der Waals surface area contributed by atoms with Crippen LogP contribution in [0, 0.1) is 6.92 Å². The van der Waals surface area contributed by atoms with E-state index in [0.29, 0.717) is 11.0 Å². The molecule has 1 aromatic carbocycles. The lowest BCUT2D eigenvalue weighted by Gasteiger charge is -1.95. The van der Waals surface area contributed by atoms with Crippen LogP contribution in [0.2, 0.25) is 5.02 Å². The number of benzene rings is 1. The number of imidazole rings is 1. The molecule has 1 heterocycles. The van der Waals surface area contributed by atoms with Gasteiger partial charge in [0.25, 0.3) is 0 Å². The first-order valence-electron chi connectivity index (χ1n) is 4.76. The minimum absolute atomic E-state index is 0.378. The molecule has 0 saturated carbocycles.